The molecule has 1 nitrogen and oxygen atoms in total. The fraction of sp³-hybridized carbons (Fsp3) is 0.143. The molecule has 4 heteroatoms. The van der Waals surface area contributed by atoms with Crippen LogP contribution in [0.4, 0.5) is 4.39 Å². The molecule has 18 heavy (non-hydrogen) atoms. The average Bonchev–Trinajstić information content (AvgIpc) is 2.41. The van der Waals surface area contributed by atoms with Crippen molar-refractivity contribution < 1.29 is 9.13 Å². The zero-order valence-corrected chi connectivity index (χ0v) is 12.0. The monoisotopic (exact) mass is 328 g/mol. The van der Waals surface area contributed by atoms with Crippen LogP contribution in [0.2, 0.25) is 5.02 Å². The van der Waals surface area contributed by atoms with E-state index in [-0.39, 0.29) is 10.6 Å². The van der Waals surface area contributed by atoms with Crippen LogP contribution in [0.25, 0.3) is 0 Å². The highest BCUT2D eigenvalue weighted by Crippen LogP contribution is 2.34. The third kappa shape index (κ3) is 2.85. The number of hydrogen-bond acceptors (Lipinski definition) is 1. The minimum Gasteiger partial charge on any atom is -0.497 e. The van der Waals surface area contributed by atoms with Crippen molar-refractivity contribution in [3.8, 4) is 5.75 Å². The Labute approximate surface area is 119 Å². The third-order valence-electron chi connectivity index (χ3n) is 2.64. The molecule has 94 valence electrons. The second-order valence-corrected chi connectivity index (χ2v) is 5.15. The summed E-state index contributed by atoms with van der Waals surface area (Å²) in [5, 5.41) is 0.518. The lowest BCUT2D eigenvalue weighted by molar-refractivity contribution is 0.414. The van der Waals surface area contributed by atoms with Crippen molar-refractivity contribution in [3.63, 3.8) is 0 Å². The van der Waals surface area contributed by atoms with Gasteiger partial charge in [0, 0.05) is 10.6 Å². The summed E-state index contributed by atoms with van der Waals surface area (Å²) < 4.78 is 18.8. The first-order chi connectivity index (χ1) is 8.61. The molecule has 0 heterocycles. The first kappa shape index (κ1) is 13.4. The number of benzene rings is 2. The lowest BCUT2D eigenvalue weighted by atomic mass is 10.0. The summed E-state index contributed by atoms with van der Waals surface area (Å²) in [7, 11) is 1.61. The summed E-state index contributed by atoms with van der Waals surface area (Å²) in [5.41, 5.74) is 1.46. The molecule has 1 unspecified atom stereocenters. The topological polar surface area (TPSA) is 9.23 Å². The van der Waals surface area contributed by atoms with Gasteiger partial charge in [0.25, 0.3) is 0 Å². The first-order valence-corrected chi connectivity index (χ1v) is 6.64. The Hall–Kier alpha value is -1.06. The van der Waals surface area contributed by atoms with Gasteiger partial charge in [-0.25, -0.2) is 4.39 Å². The maximum Gasteiger partial charge on any atom is 0.127 e. The molecule has 0 fully saturated rings. The zero-order chi connectivity index (χ0) is 13.1. The highest BCUT2D eigenvalue weighted by Gasteiger charge is 2.15. The fourth-order valence-electron chi connectivity index (χ4n) is 1.66. The van der Waals surface area contributed by atoms with Gasteiger partial charge in [0.05, 0.1) is 11.9 Å². The number of ether oxygens (including phenoxy) is 1. The van der Waals surface area contributed by atoms with Gasteiger partial charge in [-0.15, -0.1) is 0 Å². The predicted molar refractivity (Wildman–Crippen MR) is 75.2 cm³/mol. The van der Waals surface area contributed by atoms with Gasteiger partial charge in [-0.05, 0) is 35.9 Å². The fourth-order valence-corrected chi connectivity index (χ4v) is 2.50. The summed E-state index contributed by atoms with van der Waals surface area (Å²) in [4.78, 5) is -0.234. The van der Waals surface area contributed by atoms with Crippen LogP contribution in [-0.4, -0.2) is 7.11 Å². The van der Waals surface area contributed by atoms with E-state index in [1.807, 2.05) is 24.3 Å². The highest BCUT2D eigenvalue weighted by atomic mass is 79.9. The molecule has 0 N–H and O–H groups in total. The van der Waals surface area contributed by atoms with E-state index in [4.69, 9.17) is 16.3 Å². The Morgan fingerprint density at radius 1 is 1.17 bits per heavy atom. The van der Waals surface area contributed by atoms with Gasteiger partial charge < -0.3 is 4.74 Å². The quantitative estimate of drug-likeness (QED) is 0.722. The maximum atomic E-state index is 13.7. The molecular weight excluding hydrogens is 319 g/mol. The van der Waals surface area contributed by atoms with Gasteiger partial charge in [-0.3, -0.25) is 0 Å². The van der Waals surface area contributed by atoms with E-state index >= 15 is 0 Å². The molecule has 1 atom stereocenters. The molecule has 0 saturated carbocycles. The van der Waals surface area contributed by atoms with Gasteiger partial charge in [-0.2, -0.15) is 0 Å². The van der Waals surface area contributed by atoms with Crippen molar-refractivity contribution in [1.29, 1.82) is 0 Å². The van der Waals surface area contributed by atoms with Crippen LogP contribution in [0, 0.1) is 5.82 Å². The summed E-state index contributed by atoms with van der Waals surface area (Å²) in [6.07, 6.45) is 0. The lowest BCUT2D eigenvalue weighted by Crippen LogP contribution is -1.96. The number of methoxy groups -OCH3 is 1. The van der Waals surface area contributed by atoms with E-state index in [1.54, 1.807) is 13.2 Å². The van der Waals surface area contributed by atoms with Crippen molar-refractivity contribution >= 4 is 27.5 Å². The van der Waals surface area contributed by atoms with Crippen LogP contribution in [0.1, 0.15) is 16.0 Å². The van der Waals surface area contributed by atoms with E-state index in [9.17, 15) is 4.39 Å². The smallest absolute Gasteiger partial charge is 0.127 e. The molecule has 0 aliphatic rings. The number of halogens is 3. The summed E-state index contributed by atoms with van der Waals surface area (Å²) in [6, 6.07) is 12.0. The van der Waals surface area contributed by atoms with Crippen LogP contribution in [0.15, 0.2) is 42.5 Å². The molecule has 2 rings (SSSR count). The van der Waals surface area contributed by atoms with E-state index in [0.717, 1.165) is 11.3 Å². The van der Waals surface area contributed by atoms with E-state index in [0.29, 0.717) is 10.6 Å². The van der Waals surface area contributed by atoms with Gasteiger partial charge in [0.15, 0.2) is 0 Å². The van der Waals surface area contributed by atoms with Crippen molar-refractivity contribution in [3.05, 3.63) is 64.4 Å². The number of rotatable bonds is 3. The molecule has 0 spiro atoms. The molecule has 0 aliphatic heterocycles. The largest absolute Gasteiger partial charge is 0.497 e. The molecule has 0 saturated heterocycles. The van der Waals surface area contributed by atoms with Crippen LogP contribution < -0.4 is 4.74 Å². The predicted octanol–water partition coefficient (Wildman–Crippen LogP) is 4.97. The average molecular weight is 330 g/mol. The van der Waals surface area contributed by atoms with Crippen molar-refractivity contribution in [2.45, 2.75) is 4.83 Å². The van der Waals surface area contributed by atoms with E-state index in [1.165, 1.54) is 12.1 Å². The van der Waals surface area contributed by atoms with Crippen LogP contribution in [0.3, 0.4) is 0 Å². The van der Waals surface area contributed by atoms with Crippen LogP contribution in [0.5, 0.6) is 5.75 Å². The Bertz CT molecular complexity index is 542. The van der Waals surface area contributed by atoms with Crippen molar-refractivity contribution in [1.82, 2.24) is 0 Å². The molecule has 0 bridgehead atoms. The molecule has 0 aromatic heterocycles. The van der Waals surface area contributed by atoms with E-state index < -0.39 is 0 Å². The lowest BCUT2D eigenvalue weighted by Gasteiger charge is -2.12. The summed E-state index contributed by atoms with van der Waals surface area (Å²) in [5.74, 6) is 0.488. The Balaban J connectivity index is 2.34. The Kier molecular flexibility index (Phi) is 4.25. The molecule has 0 aliphatic carbocycles. The highest BCUT2D eigenvalue weighted by molar-refractivity contribution is 9.09. The Morgan fingerprint density at radius 2 is 1.83 bits per heavy atom. The van der Waals surface area contributed by atoms with Crippen LogP contribution >= 0.6 is 27.5 Å². The first-order valence-electron chi connectivity index (χ1n) is 5.35. The molecular formula is C14H11BrClFO. The zero-order valence-electron chi connectivity index (χ0n) is 9.66. The molecule has 0 amide bonds. The molecule has 0 radical (unpaired) electrons. The van der Waals surface area contributed by atoms with Gasteiger partial charge in [0.1, 0.15) is 11.6 Å². The maximum absolute atomic E-state index is 13.7. The summed E-state index contributed by atoms with van der Waals surface area (Å²) in [6.45, 7) is 0. The van der Waals surface area contributed by atoms with Gasteiger partial charge in [0.2, 0.25) is 0 Å². The second kappa shape index (κ2) is 5.72. The van der Waals surface area contributed by atoms with Gasteiger partial charge in [-0.1, -0.05) is 39.7 Å². The SMILES string of the molecule is COc1ccc(C(Br)c2cc(Cl)ccc2F)cc1. The van der Waals surface area contributed by atoms with Crippen LogP contribution in [-0.2, 0) is 0 Å². The number of alkyl halides is 1. The third-order valence-corrected chi connectivity index (χ3v) is 3.90. The minimum atomic E-state index is -0.280. The summed E-state index contributed by atoms with van der Waals surface area (Å²) >= 11 is 9.37. The Morgan fingerprint density at radius 3 is 2.44 bits per heavy atom. The molecule has 2 aromatic rings. The second-order valence-electron chi connectivity index (χ2n) is 3.80. The van der Waals surface area contributed by atoms with Gasteiger partial charge >= 0.3 is 0 Å². The van der Waals surface area contributed by atoms with Crippen molar-refractivity contribution in [2.75, 3.05) is 7.11 Å². The standard InChI is InChI=1S/C14H11BrClFO/c1-18-11-5-2-9(3-6-11)14(15)12-8-10(16)4-7-13(12)17/h2-8,14H,1H3. The normalized spacial score (nSPS) is 12.2. The van der Waals surface area contributed by atoms with Crippen molar-refractivity contribution in [2.24, 2.45) is 0 Å². The van der Waals surface area contributed by atoms with E-state index in [2.05, 4.69) is 15.9 Å². The minimum absolute atomic E-state index is 0.234. The molecule has 2 aromatic carbocycles. The number of hydrogen-bond donors (Lipinski definition) is 0.